The second kappa shape index (κ2) is 7.15. The lowest BCUT2D eigenvalue weighted by Gasteiger charge is -2.23. The average molecular weight is 350 g/mol. The Hall–Kier alpha value is -2.89. The Labute approximate surface area is 151 Å². The van der Waals surface area contributed by atoms with Gasteiger partial charge < -0.3 is 5.32 Å². The molecule has 1 aliphatic rings. The summed E-state index contributed by atoms with van der Waals surface area (Å²) in [6, 6.07) is 13.1. The predicted octanol–water partition coefficient (Wildman–Crippen LogP) is 2.64. The summed E-state index contributed by atoms with van der Waals surface area (Å²) >= 11 is 0. The minimum atomic E-state index is -0.162. The number of pyridine rings is 1. The summed E-state index contributed by atoms with van der Waals surface area (Å²) in [5.41, 5.74) is 1.09. The number of aromatic nitrogens is 3. The van der Waals surface area contributed by atoms with E-state index in [1.165, 1.54) is 11.1 Å². The van der Waals surface area contributed by atoms with Crippen LogP contribution in [0.1, 0.15) is 32.1 Å². The van der Waals surface area contributed by atoms with Crippen LogP contribution in [0.3, 0.4) is 0 Å². The van der Waals surface area contributed by atoms with E-state index >= 15 is 0 Å². The molecule has 1 fully saturated rings. The fraction of sp³-hybridized carbons (Fsp3) is 0.350. The molecule has 2 aromatic heterocycles. The lowest BCUT2D eigenvalue weighted by molar-refractivity contribution is -0.122. The Bertz CT molecular complexity index is 968. The molecule has 6 heteroatoms. The molecule has 1 N–H and O–H groups in total. The number of carbonyl (C=O) groups is 1. The van der Waals surface area contributed by atoms with Crippen LogP contribution in [0.25, 0.3) is 16.7 Å². The van der Waals surface area contributed by atoms with E-state index in [0.29, 0.717) is 11.0 Å². The number of hydrogen-bond acceptors (Lipinski definition) is 3. The second-order valence-corrected chi connectivity index (χ2v) is 6.79. The van der Waals surface area contributed by atoms with E-state index in [-0.39, 0.29) is 24.1 Å². The largest absolute Gasteiger partial charge is 0.352 e. The fourth-order valence-corrected chi connectivity index (χ4v) is 3.72. The van der Waals surface area contributed by atoms with E-state index in [1.807, 2.05) is 30.3 Å². The van der Waals surface area contributed by atoms with Crippen molar-refractivity contribution in [3.05, 3.63) is 59.0 Å². The van der Waals surface area contributed by atoms with Gasteiger partial charge in [0.2, 0.25) is 5.91 Å². The Morgan fingerprint density at radius 2 is 1.85 bits per heavy atom. The van der Waals surface area contributed by atoms with Crippen LogP contribution < -0.4 is 10.9 Å². The molecule has 0 saturated heterocycles. The molecular formula is C20H22N4O2. The number of carbonyl (C=O) groups excluding carboxylic acids is 1. The standard InChI is InChI=1S/C20H22N4O2/c25-18(22-15-8-3-1-4-9-15)14-23-19-17(12-7-13-21-19)20(26)24(23)16-10-5-2-6-11-16/h2,5-7,10-13,15H,1,3-4,8-9,14H2,(H,22,25). The highest BCUT2D eigenvalue weighted by Gasteiger charge is 2.20. The molecule has 1 aliphatic carbocycles. The summed E-state index contributed by atoms with van der Waals surface area (Å²) in [7, 11) is 0. The van der Waals surface area contributed by atoms with Crippen molar-refractivity contribution in [2.45, 2.75) is 44.7 Å². The Morgan fingerprint density at radius 3 is 2.62 bits per heavy atom. The van der Waals surface area contributed by atoms with Crippen LogP contribution in [-0.2, 0) is 11.3 Å². The van der Waals surface area contributed by atoms with Crippen LogP contribution >= 0.6 is 0 Å². The maximum absolute atomic E-state index is 12.9. The summed E-state index contributed by atoms with van der Waals surface area (Å²) < 4.78 is 3.21. The summed E-state index contributed by atoms with van der Waals surface area (Å²) in [5.74, 6) is -0.0795. The molecule has 0 bridgehead atoms. The molecule has 1 aromatic carbocycles. The third-order valence-electron chi connectivity index (χ3n) is 4.96. The highest BCUT2D eigenvalue weighted by molar-refractivity contribution is 5.80. The van der Waals surface area contributed by atoms with Crippen LogP contribution in [0.15, 0.2) is 53.5 Å². The van der Waals surface area contributed by atoms with E-state index < -0.39 is 0 Å². The average Bonchev–Trinajstić information content (AvgIpc) is 2.95. The zero-order chi connectivity index (χ0) is 17.9. The number of benzene rings is 1. The summed E-state index contributed by atoms with van der Waals surface area (Å²) in [4.78, 5) is 29.9. The molecule has 0 atom stereocenters. The van der Waals surface area contributed by atoms with E-state index in [9.17, 15) is 9.59 Å². The van der Waals surface area contributed by atoms with Crippen molar-refractivity contribution >= 4 is 16.9 Å². The summed E-state index contributed by atoms with van der Waals surface area (Å²) in [5, 5.41) is 3.63. The summed E-state index contributed by atoms with van der Waals surface area (Å²) in [6.45, 7) is 0.0706. The first-order valence-corrected chi connectivity index (χ1v) is 9.15. The van der Waals surface area contributed by atoms with Gasteiger partial charge in [-0.15, -0.1) is 0 Å². The molecular weight excluding hydrogens is 328 g/mol. The van der Waals surface area contributed by atoms with Gasteiger partial charge in [0.1, 0.15) is 6.54 Å². The second-order valence-electron chi connectivity index (χ2n) is 6.79. The topological polar surface area (TPSA) is 68.9 Å². The van der Waals surface area contributed by atoms with Crippen molar-refractivity contribution < 1.29 is 4.79 Å². The number of hydrogen-bond donors (Lipinski definition) is 1. The molecule has 0 radical (unpaired) electrons. The van der Waals surface area contributed by atoms with Gasteiger partial charge in [0.05, 0.1) is 11.1 Å². The molecule has 6 nitrogen and oxygen atoms in total. The number of nitrogens with one attached hydrogen (secondary N) is 1. The quantitative estimate of drug-likeness (QED) is 0.786. The first-order chi connectivity index (χ1) is 12.7. The SMILES string of the molecule is O=C(Cn1c2ncccc2c(=O)n1-c1ccccc1)NC1CCCCC1. The molecule has 4 rings (SSSR count). The van der Waals surface area contributed by atoms with Gasteiger partial charge in [-0.25, -0.2) is 9.67 Å². The normalized spacial score (nSPS) is 15.2. The molecule has 0 spiro atoms. The molecule has 0 aliphatic heterocycles. The van der Waals surface area contributed by atoms with Crippen molar-refractivity contribution in [2.75, 3.05) is 0 Å². The van der Waals surface area contributed by atoms with Gasteiger partial charge in [-0.3, -0.25) is 14.3 Å². The Morgan fingerprint density at radius 1 is 1.08 bits per heavy atom. The highest BCUT2D eigenvalue weighted by Crippen LogP contribution is 2.18. The van der Waals surface area contributed by atoms with Crippen LogP contribution in [0.4, 0.5) is 0 Å². The molecule has 26 heavy (non-hydrogen) atoms. The third kappa shape index (κ3) is 3.14. The van der Waals surface area contributed by atoms with Crippen molar-refractivity contribution in [3.63, 3.8) is 0 Å². The van der Waals surface area contributed by atoms with Gasteiger partial charge in [0, 0.05) is 12.2 Å². The van der Waals surface area contributed by atoms with Gasteiger partial charge in [0.15, 0.2) is 5.65 Å². The first kappa shape index (κ1) is 16.6. The number of rotatable bonds is 4. The number of para-hydroxylation sites is 1. The first-order valence-electron chi connectivity index (χ1n) is 9.15. The lowest BCUT2D eigenvalue weighted by Crippen LogP contribution is -2.39. The molecule has 0 unspecified atom stereocenters. The number of amides is 1. The van der Waals surface area contributed by atoms with Crippen molar-refractivity contribution in [1.82, 2.24) is 19.7 Å². The maximum atomic E-state index is 12.9. The smallest absolute Gasteiger partial charge is 0.280 e. The number of fused-ring (bicyclic) bond motifs is 1. The molecule has 134 valence electrons. The van der Waals surface area contributed by atoms with Crippen molar-refractivity contribution in [3.8, 4) is 5.69 Å². The van der Waals surface area contributed by atoms with Gasteiger partial charge >= 0.3 is 0 Å². The van der Waals surface area contributed by atoms with E-state index in [1.54, 1.807) is 23.0 Å². The van der Waals surface area contributed by atoms with Crippen molar-refractivity contribution in [1.29, 1.82) is 0 Å². The zero-order valence-corrected chi connectivity index (χ0v) is 14.6. The molecule has 1 amide bonds. The zero-order valence-electron chi connectivity index (χ0n) is 14.6. The highest BCUT2D eigenvalue weighted by atomic mass is 16.2. The van der Waals surface area contributed by atoms with Crippen LogP contribution in [0.2, 0.25) is 0 Å². The minimum absolute atomic E-state index is 0.0706. The summed E-state index contributed by atoms with van der Waals surface area (Å²) in [6.07, 6.45) is 7.27. The fourth-order valence-electron chi connectivity index (χ4n) is 3.72. The minimum Gasteiger partial charge on any atom is -0.352 e. The monoisotopic (exact) mass is 350 g/mol. The van der Waals surface area contributed by atoms with Gasteiger partial charge in [-0.1, -0.05) is 37.5 Å². The van der Waals surface area contributed by atoms with Crippen molar-refractivity contribution in [2.24, 2.45) is 0 Å². The molecule has 2 heterocycles. The molecule has 3 aromatic rings. The van der Waals surface area contributed by atoms with E-state index in [2.05, 4.69) is 10.3 Å². The van der Waals surface area contributed by atoms with Crippen LogP contribution in [-0.4, -0.2) is 26.3 Å². The van der Waals surface area contributed by atoms with Gasteiger partial charge in [-0.2, -0.15) is 0 Å². The van der Waals surface area contributed by atoms with Gasteiger partial charge in [-0.05, 0) is 37.1 Å². The van der Waals surface area contributed by atoms with Gasteiger partial charge in [0.25, 0.3) is 5.56 Å². The Kier molecular flexibility index (Phi) is 4.56. The van der Waals surface area contributed by atoms with E-state index in [0.717, 1.165) is 31.4 Å². The molecule has 1 saturated carbocycles. The third-order valence-corrected chi connectivity index (χ3v) is 4.96. The van der Waals surface area contributed by atoms with Crippen LogP contribution in [0.5, 0.6) is 0 Å². The van der Waals surface area contributed by atoms with E-state index in [4.69, 9.17) is 0 Å². The van der Waals surface area contributed by atoms with Crippen LogP contribution in [0, 0.1) is 0 Å². The predicted molar refractivity (Wildman–Crippen MR) is 100 cm³/mol. The Balaban J connectivity index is 1.71. The lowest BCUT2D eigenvalue weighted by atomic mass is 9.95. The maximum Gasteiger partial charge on any atom is 0.280 e. The number of nitrogens with zero attached hydrogens (tertiary/aromatic N) is 3.